The molecular weight excluding hydrogens is 485 g/mol. The minimum Gasteiger partial charge on any atom is -0.396 e. The van der Waals surface area contributed by atoms with E-state index in [2.05, 4.69) is 5.32 Å². The van der Waals surface area contributed by atoms with Crippen molar-refractivity contribution in [3.05, 3.63) is 47.5 Å². The fraction of sp³-hybridized carbons (Fsp3) is 0.381. The molecule has 4 N–H and O–H groups in total. The molecule has 2 aromatic carbocycles. The molecule has 0 saturated carbocycles. The van der Waals surface area contributed by atoms with Crippen molar-refractivity contribution in [1.82, 2.24) is 0 Å². The van der Waals surface area contributed by atoms with Gasteiger partial charge in [0, 0.05) is 24.3 Å². The van der Waals surface area contributed by atoms with Gasteiger partial charge < -0.3 is 20.8 Å². The summed E-state index contributed by atoms with van der Waals surface area (Å²) in [6.07, 6.45) is -5.22. The highest BCUT2D eigenvalue weighted by atomic mass is 35.5. The molecule has 12 heteroatoms. The average Bonchev–Trinajstić information content (AvgIpc) is 2.73. The highest BCUT2D eigenvalue weighted by Gasteiger charge is 2.55. The van der Waals surface area contributed by atoms with E-state index in [1.54, 1.807) is 12.1 Å². The first-order valence-corrected chi connectivity index (χ1v) is 11.5. The Morgan fingerprint density at radius 1 is 1.03 bits per heavy atom. The van der Waals surface area contributed by atoms with E-state index in [1.165, 1.54) is 12.1 Å². The molecule has 1 atom stereocenters. The van der Waals surface area contributed by atoms with Gasteiger partial charge in [-0.15, -0.1) is 0 Å². The first kappa shape index (κ1) is 26.9. The van der Waals surface area contributed by atoms with Gasteiger partial charge in [0.1, 0.15) is 0 Å². The summed E-state index contributed by atoms with van der Waals surface area (Å²) in [5.74, 6) is -1.76. The van der Waals surface area contributed by atoms with Crippen LogP contribution in [0.15, 0.2) is 52.3 Å². The lowest BCUT2D eigenvalue weighted by atomic mass is 9.95. The van der Waals surface area contributed by atoms with Gasteiger partial charge in [0.15, 0.2) is 0 Å². The SMILES string of the molecule is CC(C)(CO)CNc1ccc(S(=O)(=O)c2ccc(NC(=O)C(C)(O)C(F)(F)F)c(Cl)c2)cc1. The van der Waals surface area contributed by atoms with Crippen LogP contribution >= 0.6 is 11.6 Å². The molecule has 2 rings (SSSR count). The number of sulfone groups is 1. The van der Waals surface area contributed by atoms with Crippen molar-refractivity contribution in [2.75, 3.05) is 23.8 Å². The number of amides is 1. The van der Waals surface area contributed by atoms with Crippen LogP contribution in [0.2, 0.25) is 5.02 Å². The Kier molecular flexibility index (Phi) is 7.74. The zero-order valence-corrected chi connectivity index (χ0v) is 19.6. The third kappa shape index (κ3) is 6.17. The Morgan fingerprint density at radius 2 is 1.58 bits per heavy atom. The minimum absolute atomic E-state index is 0.0303. The van der Waals surface area contributed by atoms with Crippen molar-refractivity contribution in [2.24, 2.45) is 5.41 Å². The summed E-state index contributed by atoms with van der Waals surface area (Å²) >= 11 is 5.98. The summed E-state index contributed by atoms with van der Waals surface area (Å²) in [5.41, 5.74) is -3.69. The number of carbonyl (C=O) groups excluding carboxylic acids is 1. The second-order valence-electron chi connectivity index (χ2n) is 8.37. The van der Waals surface area contributed by atoms with Gasteiger partial charge in [0.2, 0.25) is 15.4 Å². The second kappa shape index (κ2) is 9.49. The predicted octanol–water partition coefficient (Wildman–Crippen LogP) is 3.86. The van der Waals surface area contributed by atoms with Gasteiger partial charge in [0.05, 0.1) is 20.5 Å². The fourth-order valence-electron chi connectivity index (χ4n) is 2.42. The first-order valence-electron chi connectivity index (χ1n) is 9.61. The Morgan fingerprint density at radius 3 is 2.06 bits per heavy atom. The van der Waals surface area contributed by atoms with Crippen LogP contribution in [-0.4, -0.2) is 49.5 Å². The van der Waals surface area contributed by atoms with E-state index in [9.17, 15) is 36.6 Å². The predicted molar refractivity (Wildman–Crippen MR) is 118 cm³/mol. The smallest absolute Gasteiger partial charge is 0.396 e. The van der Waals surface area contributed by atoms with Crippen molar-refractivity contribution in [3.63, 3.8) is 0 Å². The molecule has 33 heavy (non-hydrogen) atoms. The molecule has 0 aromatic heterocycles. The molecule has 7 nitrogen and oxygen atoms in total. The third-order valence-corrected chi connectivity index (χ3v) is 6.94. The van der Waals surface area contributed by atoms with E-state index in [-0.39, 0.29) is 32.5 Å². The molecule has 0 fully saturated rings. The van der Waals surface area contributed by atoms with Gasteiger partial charge in [-0.05, 0) is 49.4 Å². The quantitative estimate of drug-likeness (QED) is 0.430. The molecule has 0 spiro atoms. The molecule has 1 unspecified atom stereocenters. The number of halogens is 4. The van der Waals surface area contributed by atoms with E-state index in [0.29, 0.717) is 19.2 Å². The monoisotopic (exact) mass is 508 g/mol. The molecule has 0 aliphatic carbocycles. The van der Waals surface area contributed by atoms with Crippen LogP contribution in [0.4, 0.5) is 24.5 Å². The lowest BCUT2D eigenvalue weighted by Gasteiger charge is -2.25. The number of carbonyl (C=O) groups is 1. The average molecular weight is 509 g/mol. The molecule has 0 saturated heterocycles. The molecule has 0 aliphatic heterocycles. The largest absolute Gasteiger partial charge is 0.426 e. The van der Waals surface area contributed by atoms with E-state index >= 15 is 0 Å². The Labute approximate surface area is 194 Å². The topological polar surface area (TPSA) is 116 Å². The molecule has 0 bridgehead atoms. The van der Waals surface area contributed by atoms with Gasteiger partial charge in [-0.1, -0.05) is 25.4 Å². The van der Waals surface area contributed by atoms with Crippen molar-refractivity contribution < 1.29 is 36.6 Å². The number of benzene rings is 2. The van der Waals surface area contributed by atoms with Gasteiger partial charge in [-0.2, -0.15) is 13.2 Å². The maximum Gasteiger partial charge on any atom is 0.426 e. The third-order valence-electron chi connectivity index (χ3n) is 4.86. The van der Waals surface area contributed by atoms with Crippen LogP contribution in [0.25, 0.3) is 0 Å². The standard InChI is InChI=1S/C21H24ClF3N2O5S/c1-19(2,12-28)11-26-13-4-6-14(7-5-13)33(31,32)15-8-9-17(16(22)10-15)27-18(29)20(3,30)21(23,24)25/h4-10,26,28,30H,11-12H2,1-3H3,(H,27,29). The van der Waals surface area contributed by atoms with Crippen LogP contribution < -0.4 is 10.6 Å². The maximum atomic E-state index is 12.9. The molecular formula is C21H24ClF3N2O5S. The molecule has 0 aliphatic rings. The van der Waals surface area contributed by atoms with Crippen molar-refractivity contribution in [2.45, 2.75) is 42.3 Å². The summed E-state index contributed by atoms with van der Waals surface area (Å²) in [4.78, 5) is 11.5. The fourth-order valence-corrected chi connectivity index (χ4v) is 4.00. The number of aliphatic hydroxyl groups excluding tert-OH is 1. The van der Waals surface area contributed by atoms with Crippen LogP contribution in [0.3, 0.4) is 0 Å². The van der Waals surface area contributed by atoms with E-state index in [4.69, 9.17) is 11.6 Å². The van der Waals surface area contributed by atoms with Gasteiger partial charge in [-0.3, -0.25) is 4.79 Å². The van der Waals surface area contributed by atoms with Crippen molar-refractivity contribution in [1.29, 1.82) is 0 Å². The minimum atomic E-state index is -5.22. The highest BCUT2D eigenvalue weighted by molar-refractivity contribution is 7.91. The Balaban J connectivity index is 2.22. The number of hydrogen-bond acceptors (Lipinski definition) is 6. The molecule has 1 amide bonds. The van der Waals surface area contributed by atoms with Crippen LogP contribution in [0.1, 0.15) is 20.8 Å². The van der Waals surface area contributed by atoms with Crippen molar-refractivity contribution >= 4 is 38.7 Å². The van der Waals surface area contributed by atoms with Crippen molar-refractivity contribution in [3.8, 4) is 0 Å². The highest BCUT2D eigenvalue weighted by Crippen LogP contribution is 2.33. The second-order valence-corrected chi connectivity index (χ2v) is 10.7. The van der Waals surface area contributed by atoms with Gasteiger partial charge >= 0.3 is 6.18 Å². The maximum absolute atomic E-state index is 12.9. The number of hydrogen-bond donors (Lipinski definition) is 4. The van der Waals surface area contributed by atoms with E-state index in [1.807, 2.05) is 19.2 Å². The number of nitrogens with one attached hydrogen (secondary N) is 2. The molecule has 182 valence electrons. The number of alkyl halides is 3. The van der Waals surface area contributed by atoms with Crippen LogP contribution in [0, 0.1) is 5.41 Å². The van der Waals surface area contributed by atoms with Gasteiger partial charge in [-0.25, -0.2) is 8.42 Å². The normalized spacial score (nSPS) is 14.5. The Hall–Kier alpha value is -2.34. The number of rotatable bonds is 8. The molecule has 0 radical (unpaired) electrons. The summed E-state index contributed by atoms with van der Waals surface area (Å²) < 4.78 is 64.2. The molecule has 0 heterocycles. The number of aliphatic hydroxyl groups is 2. The van der Waals surface area contributed by atoms with E-state index in [0.717, 1.165) is 18.2 Å². The Bertz CT molecular complexity index is 1120. The summed E-state index contributed by atoms with van der Waals surface area (Å²) in [6.45, 7) is 4.44. The zero-order valence-electron chi connectivity index (χ0n) is 18.0. The first-order chi connectivity index (χ1) is 15.0. The van der Waals surface area contributed by atoms with Crippen LogP contribution in [0.5, 0.6) is 0 Å². The van der Waals surface area contributed by atoms with Crippen LogP contribution in [-0.2, 0) is 14.6 Å². The summed E-state index contributed by atoms with van der Waals surface area (Å²) in [5, 5.41) is 23.3. The summed E-state index contributed by atoms with van der Waals surface area (Å²) in [7, 11) is -4.02. The lowest BCUT2D eigenvalue weighted by molar-refractivity contribution is -0.242. The molecule has 2 aromatic rings. The van der Waals surface area contributed by atoms with Gasteiger partial charge in [0.25, 0.3) is 5.91 Å². The summed E-state index contributed by atoms with van der Waals surface area (Å²) in [6, 6.07) is 8.94. The lowest BCUT2D eigenvalue weighted by Crippen LogP contribution is -2.52. The number of anilines is 2. The zero-order chi connectivity index (χ0) is 25.2. The van der Waals surface area contributed by atoms with E-state index < -0.39 is 27.5 Å².